The van der Waals surface area contributed by atoms with Gasteiger partial charge in [0.15, 0.2) is 0 Å². The molecule has 0 radical (unpaired) electrons. The molecule has 1 aliphatic carbocycles. The van der Waals surface area contributed by atoms with Gasteiger partial charge in [-0.3, -0.25) is 9.59 Å². The van der Waals surface area contributed by atoms with Crippen molar-refractivity contribution >= 4 is 27.8 Å². The fraction of sp³-hybridized carbons (Fsp3) is 0.579. The molecule has 1 amide bonds. The number of rotatable bonds is 5. The molecule has 1 N–H and O–H groups in total. The molecule has 1 saturated carbocycles. The van der Waals surface area contributed by atoms with Gasteiger partial charge in [0.1, 0.15) is 0 Å². The molecule has 0 heterocycles. The summed E-state index contributed by atoms with van der Waals surface area (Å²) in [5, 5.41) is 2.72. The Hall–Kier alpha value is -1.57. The molecule has 0 spiro atoms. The van der Waals surface area contributed by atoms with Crippen molar-refractivity contribution in [3.8, 4) is 0 Å². The number of ether oxygens (including phenoxy) is 1. The van der Waals surface area contributed by atoms with Crippen molar-refractivity contribution in [1.82, 2.24) is 5.32 Å². The van der Waals surface area contributed by atoms with E-state index in [2.05, 4.69) is 21.2 Å². The van der Waals surface area contributed by atoms with E-state index in [0.717, 1.165) is 15.6 Å². The number of aryl methyl sites for hydroxylation is 1. The monoisotopic (exact) mass is 449 g/mol. The van der Waals surface area contributed by atoms with Crippen LogP contribution in [-0.2, 0) is 20.7 Å². The van der Waals surface area contributed by atoms with Crippen LogP contribution in [0, 0.1) is 18.3 Å². The van der Waals surface area contributed by atoms with Gasteiger partial charge in [0, 0.05) is 11.0 Å². The van der Waals surface area contributed by atoms with Gasteiger partial charge in [0.25, 0.3) is 0 Å². The van der Waals surface area contributed by atoms with Gasteiger partial charge in [-0.05, 0) is 55.9 Å². The van der Waals surface area contributed by atoms with Gasteiger partial charge in [0.2, 0.25) is 5.91 Å². The van der Waals surface area contributed by atoms with Gasteiger partial charge in [-0.15, -0.1) is 0 Å². The number of hydrogen-bond acceptors (Lipinski definition) is 3. The van der Waals surface area contributed by atoms with Gasteiger partial charge < -0.3 is 10.1 Å². The van der Waals surface area contributed by atoms with Crippen LogP contribution in [0.2, 0.25) is 0 Å². The molecule has 8 heteroatoms. The molecular formula is C19H23BrF3NO3. The molecule has 1 aromatic rings. The number of alkyl halides is 3. The second-order valence-corrected chi connectivity index (χ2v) is 8.03. The second kappa shape index (κ2) is 8.63. The number of carbonyl (C=O) groups is 2. The van der Waals surface area contributed by atoms with E-state index < -0.39 is 23.5 Å². The summed E-state index contributed by atoms with van der Waals surface area (Å²) >= 11 is 3.36. The van der Waals surface area contributed by atoms with E-state index in [1.165, 1.54) is 7.11 Å². The van der Waals surface area contributed by atoms with Crippen LogP contribution >= 0.6 is 15.9 Å². The van der Waals surface area contributed by atoms with Crippen LogP contribution in [0.5, 0.6) is 0 Å². The minimum absolute atomic E-state index is 0.0177. The van der Waals surface area contributed by atoms with E-state index in [0.29, 0.717) is 0 Å². The largest absolute Gasteiger partial charge is 0.469 e. The van der Waals surface area contributed by atoms with E-state index in [4.69, 9.17) is 4.74 Å². The maximum Gasteiger partial charge on any atom is 0.391 e. The van der Waals surface area contributed by atoms with Crippen molar-refractivity contribution in [2.24, 2.45) is 11.3 Å². The van der Waals surface area contributed by atoms with Crippen LogP contribution in [0.1, 0.15) is 36.8 Å². The van der Waals surface area contributed by atoms with Crippen molar-refractivity contribution in [3.05, 3.63) is 33.8 Å². The third kappa shape index (κ3) is 5.46. The minimum atomic E-state index is -4.26. The molecule has 0 aromatic heterocycles. The van der Waals surface area contributed by atoms with Gasteiger partial charge in [-0.1, -0.05) is 22.0 Å². The highest BCUT2D eigenvalue weighted by molar-refractivity contribution is 9.10. The van der Waals surface area contributed by atoms with E-state index in [1.807, 2.05) is 25.1 Å². The van der Waals surface area contributed by atoms with E-state index in [9.17, 15) is 22.8 Å². The normalized spacial score (nSPS) is 23.0. The average molecular weight is 450 g/mol. The van der Waals surface area contributed by atoms with E-state index in [1.54, 1.807) is 0 Å². The molecule has 0 saturated heterocycles. The van der Waals surface area contributed by atoms with Gasteiger partial charge in [-0.25, -0.2) is 0 Å². The Balaban J connectivity index is 2.02. The summed E-state index contributed by atoms with van der Waals surface area (Å²) in [7, 11) is 1.21. The summed E-state index contributed by atoms with van der Waals surface area (Å²) in [6.45, 7) is 1.87. The Morgan fingerprint density at radius 2 is 1.93 bits per heavy atom. The lowest BCUT2D eigenvalue weighted by Crippen LogP contribution is -2.47. The molecule has 2 rings (SSSR count). The fourth-order valence-corrected chi connectivity index (χ4v) is 3.91. The van der Waals surface area contributed by atoms with Crippen LogP contribution in [-0.4, -0.2) is 31.7 Å². The zero-order valence-corrected chi connectivity index (χ0v) is 16.9. The summed E-state index contributed by atoms with van der Waals surface area (Å²) in [5.41, 5.74) is 0.704. The molecule has 0 unspecified atom stereocenters. The summed E-state index contributed by atoms with van der Waals surface area (Å²) in [6.07, 6.45) is -4.32. The Labute approximate surface area is 165 Å². The fourth-order valence-electron chi connectivity index (χ4n) is 3.50. The van der Waals surface area contributed by atoms with Crippen molar-refractivity contribution in [2.45, 2.75) is 45.2 Å². The molecule has 150 valence electrons. The lowest BCUT2D eigenvalue weighted by atomic mass is 9.70. The zero-order valence-electron chi connectivity index (χ0n) is 15.3. The first-order valence-corrected chi connectivity index (χ1v) is 9.53. The molecule has 0 bridgehead atoms. The molecule has 1 aliphatic rings. The van der Waals surface area contributed by atoms with Crippen molar-refractivity contribution in [3.63, 3.8) is 0 Å². The standard InChI is InChI=1S/C19H23BrF3NO3/c1-12-3-4-15(20)9-13(12)10-16(25)24-11-18(17(26)27-2)7-5-14(6-8-18)19(21,22)23/h3-4,9,14H,5-8,10-11H2,1-2H3,(H,24,25). The maximum atomic E-state index is 12.9. The molecule has 4 nitrogen and oxygen atoms in total. The Kier molecular flexibility index (Phi) is 6.94. The summed E-state index contributed by atoms with van der Waals surface area (Å²) in [4.78, 5) is 24.6. The predicted molar refractivity (Wildman–Crippen MR) is 98.1 cm³/mol. The van der Waals surface area contributed by atoms with E-state index >= 15 is 0 Å². The molecule has 1 fully saturated rings. The molecule has 1 aromatic carbocycles. The molecule has 0 aliphatic heterocycles. The number of esters is 1. The van der Waals surface area contributed by atoms with Gasteiger partial charge in [-0.2, -0.15) is 13.2 Å². The first kappa shape index (κ1) is 21.7. The Morgan fingerprint density at radius 3 is 2.48 bits per heavy atom. The minimum Gasteiger partial charge on any atom is -0.469 e. The summed E-state index contributed by atoms with van der Waals surface area (Å²) < 4.78 is 44.4. The average Bonchev–Trinajstić information content (AvgIpc) is 2.62. The predicted octanol–water partition coefficient (Wildman–Crippen LogP) is 4.33. The quantitative estimate of drug-likeness (QED) is 0.680. The van der Waals surface area contributed by atoms with Crippen LogP contribution < -0.4 is 5.32 Å². The Morgan fingerprint density at radius 1 is 1.30 bits per heavy atom. The smallest absolute Gasteiger partial charge is 0.391 e. The van der Waals surface area contributed by atoms with E-state index in [-0.39, 0.29) is 44.6 Å². The molecular weight excluding hydrogens is 427 g/mol. The number of hydrogen-bond donors (Lipinski definition) is 1. The highest BCUT2D eigenvalue weighted by Gasteiger charge is 2.49. The van der Waals surface area contributed by atoms with Crippen molar-refractivity contribution < 1.29 is 27.5 Å². The van der Waals surface area contributed by atoms with Crippen LogP contribution in [0.3, 0.4) is 0 Å². The molecule has 0 atom stereocenters. The number of halogens is 4. The SMILES string of the molecule is COC(=O)C1(CNC(=O)Cc2cc(Br)ccc2C)CCC(C(F)(F)F)CC1. The van der Waals surface area contributed by atoms with Crippen molar-refractivity contribution in [1.29, 1.82) is 0 Å². The zero-order chi connectivity index (χ0) is 20.2. The number of methoxy groups -OCH3 is 1. The number of nitrogens with one attached hydrogen (secondary N) is 1. The number of benzene rings is 1. The van der Waals surface area contributed by atoms with Gasteiger partial charge in [0.05, 0.1) is 24.9 Å². The number of amides is 1. The lowest BCUT2D eigenvalue weighted by molar-refractivity contribution is -0.192. The lowest BCUT2D eigenvalue weighted by Gasteiger charge is -2.38. The first-order chi connectivity index (χ1) is 12.6. The maximum absolute atomic E-state index is 12.9. The molecule has 27 heavy (non-hydrogen) atoms. The third-order valence-corrected chi connectivity index (χ3v) is 5.80. The van der Waals surface area contributed by atoms with Crippen LogP contribution in [0.15, 0.2) is 22.7 Å². The summed E-state index contributed by atoms with van der Waals surface area (Å²) in [5.74, 6) is -2.25. The Bertz CT molecular complexity index is 698. The van der Waals surface area contributed by atoms with Gasteiger partial charge >= 0.3 is 12.1 Å². The second-order valence-electron chi connectivity index (χ2n) is 7.11. The first-order valence-electron chi connectivity index (χ1n) is 8.74. The highest BCUT2D eigenvalue weighted by Crippen LogP contribution is 2.45. The topological polar surface area (TPSA) is 55.4 Å². The highest BCUT2D eigenvalue weighted by atomic mass is 79.9. The third-order valence-electron chi connectivity index (χ3n) is 5.31. The van der Waals surface area contributed by atoms with Crippen molar-refractivity contribution in [2.75, 3.05) is 13.7 Å². The van der Waals surface area contributed by atoms with Crippen LogP contribution in [0.25, 0.3) is 0 Å². The summed E-state index contributed by atoms with van der Waals surface area (Å²) in [6, 6.07) is 5.61. The van der Waals surface area contributed by atoms with Crippen LogP contribution in [0.4, 0.5) is 13.2 Å². The number of carbonyl (C=O) groups excluding carboxylic acids is 2.